The molecule has 2 atom stereocenters. The van der Waals surface area contributed by atoms with E-state index in [1.807, 2.05) is 37.3 Å². The molecule has 17 heavy (non-hydrogen) atoms. The molecule has 0 bridgehead atoms. The standard InChI is InChI=1S/C14H13FOS/c1-11(12-6-3-2-4-7-12)17(16)14-9-5-8-13(15)10-14/h2-11H,1H3. The van der Waals surface area contributed by atoms with E-state index in [1.54, 1.807) is 12.1 Å². The summed E-state index contributed by atoms with van der Waals surface area (Å²) in [5, 5.41) is -0.141. The molecule has 0 aliphatic carbocycles. The van der Waals surface area contributed by atoms with Crippen molar-refractivity contribution < 1.29 is 8.60 Å². The van der Waals surface area contributed by atoms with E-state index < -0.39 is 10.8 Å². The van der Waals surface area contributed by atoms with Crippen molar-refractivity contribution in [2.24, 2.45) is 0 Å². The van der Waals surface area contributed by atoms with Crippen LogP contribution in [0.4, 0.5) is 4.39 Å². The predicted molar refractivity (Wildman–Crippen MR) is 67.7 cm³/mol. The molecule has 2 unspecified atom stereocenters. The maximum absolute atomic E-state index is 13.1. The summed E-state index contributed by atoms with van der Waals surface area (Å²) in [6.07, 6.45) is 0. The van der Waals surface area contributed by atoms with Crippen molar-refractivity contribution >= 4 is 10.8 Å². The minimum Gasteiger partial charge on any atom is -0.254 e. The Morgan fingerprint density at radius 3 is 2.41 bits per heavy atom. The molecule has 0 amide bonds. The Hall–Kier alpha value is -1.48. The summed E-state index contributed by atoms with van der Waals surface area (Å²) < 4.78 is 25.3. The quantitative estimate of drug-likeness (QED) is 0.809. The van der Waals surface area contributed by atoms with Crippen LogP contribution in [0.25, 0.3) is 0 Å². The molecule has 0 aliphatic heterocycles. The highest BCUT2D eigenvalue weighted by atomic mass is 32.2. The molecule has 0 aliphatic rings. The molecule has 2 rings (SSSR count). The maximum atomic E-state index is 13.1. The SMILES string of the molecule is CC(c1ccccc1)S(=O)c1cccc(F)c1. The highest BCUT2D eigenvalue weighted by Gasteiger charge is 2.15. The van der Waals surface area contributed by atoms with Crippen molar-refractivity contribution in [1.29, 1.82) is 0 Å². The molecule has 0 N–H and O–H groups in total. The van der Waals surface area contributed by atoms with Crippen molar-refractivity contribution in [3.05, 3.63) is 66.0 Å². The Kier molecular flexibility index (Phi) is 3.69. The van der Waals surface area contributed by atoms with E-state index in [-0.39, 0.29) is 11.1 Å². The predicted octanol–water partition coefficient (Wildman–Crippen LogP) is 3.69. The van der Waals surface area contributed by atoms with Crippen LogP contribution in [0.3, 0.4) is 0 Å². The van der Waals surface area contributed by atoms with E-state index in [0.717, 1.165) is 5.56 Å². The zero-order chi connectivity index (χ0) is 12.3. The van der Waals surface area contributed by atoms with E-state index in [4.69, 9.17) is 0 Å². The second-order valence-corrected chi connectivity index (χ2v) is 5.58. The largest absolute Gasteiger partial charge is 0.254 e. The molecule has 3 heteroatoms. The third kappa shape index (κ3) is 2.80. The lowest BCUT2D eigenvalue weighted by atomic mass is 10.2. The highest BCUT2D eigenvalue weighted by Crippen LogP contribution is 2.24. The van der Waals surface area contributed by atoms with Crippen LogP contribution in [0.5, 0.6) is 0 Å². The molecule has 0 heterocycles. The first-order chi connectivity index (χ1) is 8.18. The van der Waals surface area contributed by atoms with Gasteiger partial charge in [-0.2, -0.15) is 0 Å². The van der Waals surface area contributed by atoms with Crippen molar-refractivity contribution in [2.45, 2.75) is 17.1 Å². The molecule has 0 radical (unpaired) electrons. The van der Waals surface area contributed by atoms with Crippen molar-refractivity contribution in [1.82, 2.24) is 0 Å². The van der Waals surface area contributed by atoms with Crippen LogP contribution in [0.15, 0.2) is 59.5 Å². The molecule has 0 saturated heterocycles. The third-order valence-electron chi connectivity index (χ3n) is 2.62. The summed E-state index contributed by atoms with van der Waals surface area (Å²) in [5.74, 6) is -0.351. The van der Waals surface area contributed by atoms with Gasteiger partial charge in [0.1, 0.15) is 5.82 Å². The summed E-state index contributed by atoms with van der Waals surface area (Å²) in [6.45, 7) is 1.89. The molecule has 2 aromatic carbocycles. The number of hydrogen-bond acceptors (Lipinski definition) is 1. The molecule has 0 saturated carbocycles. The monoisotopic (exact) mass is 248 g/mol. The lowest BCUT2D eigenvalue weighted by Crippen LogP contribution is -2.03. The number of benzene rings is 2. The number of rotatable bonds is 3. The topological polar surface area (TPSA) is 17.1 Å². The number of hydrogen-bond donors (Lipinski definition) is 0. The molecular weight excluding hydrogens is 235 g/mol. The van der Waals surface area contributed by atoms with E-state index in [9.17, 15) is 8.60 Å². The molecule has 88 valence electrons. The first-order valence-corrected chi connectivity index (χ1v) is 6.61. The van der Waals surface area contributed by atoms with Crippen molar-refractivity contribution in [2.75, 3.05) is 0 Å². The van der Waals surface area contributed by atoms with E-state index in [0.29, 0.717) is 4.90 Å². The average molecular weight is 248 g/mol. The Labute approximate surface area is 103 Å². The molecule has 0 spiro atoms. The van der Waals surface area contributed by atoms with E-state index >= 15 is 0 Å². The van der Waals surface area contributed by atoms with Gasteiger partial charge in [0.25, 0.3) is 0 Å². The van der Waals surface area contributed by atoms with Crippen molar-refractivity contribution in [3.8, 4) is 0 Å². The first-order valence-electron chi connectivity index (χ1n) is 5.39. The van der Waals surface area contributed by atoms with Crippen LogP contribution < -0.4 is 0 Å². The number of halogens is 1. The van der Waals surface area contributed by atoms with Gasteiger partial charge in [-0.3, -0.25) is 4.21 Å². The minimum atomic E-state index is -1.23. The fourth-order valence-corrected chi connectivity index (χ4v) is 2.90. The Balaban J connectivity index is 2.27. The third-order valence-corrected chi connectivity index (χ3v) is 4.25. The Morgan fingerprint density at radius 1 is 1.06 bits per heavy atom. The van der Waals surface area contributed by atoms with E-state index in [2.05, 4.69) is 0 Å². The first kappa shape index (κ1) is 12.0. The second-order valence-electron chi connectivity index (χ2n) is 3.81. The summed E-state index contributed by atoms with van der Waals surface area (Å²) >= 11 is 0. The van der Waals surface area contributed by atoms with Gasteiger partial charge in [0.2, 0.25) is 0 Å². The Morgan fingerprint density at radius 2 is 1.76 bits per heavy atom. The van der Waals surface area contributed by atoms with Crippen LogP contribution in [0, 0.1) is 5.82 Å². The second kappa shape index (κ2) is 5.23. The van der Waals surface area contributed by atoms with E-state index in [1.165, 1.54) is 12.1 Å². The average Bonchev–Trinajstić information content (AvgIpc) is 2.38. The highest BCUT2D eigenvalue weighted by molar-refractivity contribution is 7.85. The summed E-state index contributed by atoms with van der Waals surface area (Å²) in [5.41, 5.74) is 0.995. The van der Waals surface area contributed by atoms with Crippen LogP contribution >= 0.6 is 0 Å². The normalized spacial score (nSPS) is 14.2. The fourth-order valence-electron chi connectivity index (χ4n) is 1.64. The van der Waals surface area contributed by atoms with Crippen LogP contribution in [0.1, 0.15) is 17.7 Å². The molecule has 2 aromatic rings. The smallest absolute Gasteiger partial charge is 0.124 e. The zero-order valence-electron chi connectivity index (χ0n) is 9.47. The summed E-state index contributed by atoms with van der Waals surface area (Å²) in [6, 6.07) is 15.6. The molecule has 0 aromatic heterocycles. The molecule has 0 fully saturated rings. The maximum Gasteiger partial charge on any atom is 0.124 e. The molecular formula is C14H13FOS. The van der Waals surface area contributed by atoms with Gasteiger partial charge in [-0.15, -0.1) is 0 Å². The van der Waals surface area contributed by atoms with Crippen LogP contribution in [-0.4, -0.2) is 4.21 Å². The Bertz CT molecular complexity index is 525. The van der Waals surface area contributed by atoms with Crippen molar-refractivity contribution in [3.63, 3.8) is 0 Å². The summed E-state index contributed by atoms with van der Waals surface area (Å²) in [4.78, 5) is 0.529. The summed E-state index contributed by atoms with van der Waals surface area (Å²) in [7, 11) is -1.23. The fraction of sp³-hybridized carbons (Fsp3) is 0.143. The van der Waals surface area contributed by atoms with Gasteiger partial charge in [-0.05, 0) is 30.7 Å². The van der Waals surface area contributed by atoms with Gasteiger partial charge in [0, 0.05) is 4.90 Å². The van der Waals surface area contributed by atoms with Gasteiger partial charge < -0.3 is 0 Å². The zero-order valence-corrected chi connectivity index (χ0v) is 10.3. The van der Waals surface area contributed by atoms with Gasteiger partial charge in [-0.1, -0.05) is 36.4 Å². The van der Waals surface area contributed by atoms with Crippen LogP contribution in [0.2, 0.25) is 0 Å². The lowest BCUT2D eigenvalue weighted by Gasteiger charge is -2.11. The lowest BCUT2D eigenvalue weighted by molar-refractivity contribution is 0.622. The van der Waals surface area contributed by atoms with Gasteiger partial charge in [-0.25, -0.2) is 4.39 Å². The van der Waals surface area contributed by atoms with Gasteiger partial charge in [0.15, 0.2) is 0 Å². The molecule has 1 nitrogen and oxygen atoms in total. The van der Waals surface area contributed by atoms with Gasteiger partial charge >= 0.3 is 0 Å². The van der Waals surface area contributed by atoms with Gasteiger partial charge in [0.05, 0.1) is 16.0 Å². The van der Waals surface area contributed by atoms with Crippen LogP contribution in [-0.2, 0) is 10.8 Å². The minimum absolute atomic E-state index is 0.141.